The van der Waals surface area contributed by atoms with Crippen LogP contribution in [0.3, 0.4) is 0 Å². The second kappa shape index (κ2) is 10.2. The van der Waals surface area contributed by atoms with E-state index in [1.165, 1.54) is 0 Å². The van der Waals surface area contributed by atoms with Crippen LogP contribution in [0, 0.1) is 5.92 Å². The van der Waals surface area contributed by atoms with Gasteiger partial charge in [0, 0.05) is 19.6 Å². The highest BCUT2D eigenvalue weighted by molar-refractivity contribution is 5.81. The molecule has 0 aliphatic carbocycles. The molecule has 2 aliphatic heterocycles. The predicted octanol–water partition coefficient (Wildman–Crippen LogP) is 4.83. The maximum atomic E-state index is 14.0. The van der Waals surface area contributed by atoms with Crippen molar-refractivity contribution in [3.8, 4) is 11.5 Å². The molecule has 188 valence electrons. The Morgan fingerprint density at radius 2 is 1.66 bits per heavy atom. The van der Waals surface area contributed by atoms with Gasteiger partial charge in [0.1, 0.15) is 5.60 Å². The number of likely N-dealkylation sites (tertiary alicyclic amines) is 1. The van der Waals surface area contributed by atoms with E-state index in [1.54, 1.807) is 19.1 Å². The zero-order chi connectivity index (χ0) is 25.2. The van der Waals surface area contributed by atoms with Crippen LogP contribution >= 0.6 is 0 Å². The van der Waals surface area contributed by atoms with E-state index >= 15 is 0 Å². The minimum absolute atomic E-state index is 0.0764. The second-order valence-electron chi connectivity index (χ2n) is 10.3. The first-order chi connectivity index (χ1) is 16.7. The van der Waals surface area contributed by atoms with Crippen molar-refractivity contribution in [2.45, 2.75) is 51.7 Å². The van der Waals surface area contributed by atoms with Crippen molar-refractivity contribution in [3.63, 3.8) is 0 Å². The van der Waals surface area contributed by atoms with Crippen molar-refractivity contribution in [2.75, 3.05) is 33.9 Å². The molecule has 0 N–H and O–H groups in total. The molecule has 7 nitrogen and oxygen atoms in total. The molecule has 0 radical (unpaired) electrons. The number of benzene rings is 2. The molecule has 1 fully saturated rings. The monoisotopic (exact) mass is 480 g/mol. The summed E-state index contributed by atoms with van der Waals surface area (Å²) in [5, 5.41) is 0. The fourth-order valence-corrected chi connectivity index (χ4v) is 5.08. The summed E-state index contributed by atoms with van der Waals surface area (Å²) in [6, 6.07) is 13.9. The van der Waals surface area contributed by atoms with E-state index in [-0.39, 0.29) is 24.0 Å². The predicted molar refractivity (Wildman–Crippen MR) is 134 cm³/mol. The number of nitrogens with zero attached hydrogens (tertiary/aromatic N) is 2. The fourth-order valence-electron chi connectivity index (χ4n) is 5.08. The first-order valence-corrected chi connectivity index (χ1v) is 12.3. The number of amides is 2. The van der Waals surface area contributed by atoms with Crippen LogP contribution in [0.25, 0.3) is 0 Å². The van der Waals surface area contributed by atoms with Crippen molar-refractivity contribution < 1.29 is 23.8 Å². The van der Waals surface area contributed by atoms with Gasteiger partial charge in [-0.3, -0.25) is 4.79 Å². The quantitative estimate of drug-likeness (QED) is 0.627. The third-order valence-electron chi connectivity index (χ3n) is 6.69. The zero-order valence-corrected chi connectivity index (χ0v) is 21.4. The smallest absolute Gasteiger partial charge is 0.410 e. The highest BCUT2D eigenvalue weighted by atomic mass is 16.6. The van der Waals surface area contributed by atoms with E-state index in [4.69, 9.17) is 14.2 Å². The lowest BCUT2D eigenvalue weighted by Crippen LogP contribution is -2.50. The Kier molecular flexibility index (Phi) is 7.24. The summed E-state index contributed by atoms with van der Waals surface area (Å²) >= 11 is 0. The summed E-state index contributed by atoms with van der Waals surface area (Å²) in [4.78, 5) is 30.3. The van der Waals surface area contributed by atoms with Gasteiger partial charge in [0.25, 0.3) is 0 Å². The van der Waals surface area contributed by atoms with Gasteiger partial charge >= 0.3 is 6.09 Å². The van der Waals surface area contributed by atoms with Gasteiger partial charge in [-0.1, -0.05) is 30.3 Å². The molecule has 0 bridgehead atoms. The van der Waals surface area contributed by atoms with Crippen LogP contribution in [0.5, 0.6) is 11.5 Å². The summed E-state index contributed by atoms with van der Waals surface area (Å²) in [6.45, 7) is 7.16. The van der Waals surface area contributed by atoms with Crippen molar-refractivity contribution >= 4 is 12.0 Å². The standard InChI is InChI=1S/C28H36N2O5/c1-28(2,3)35-27(32)29-14-9-12-21(18-29)26(31)30-15-13-20-16-23(33-4)24(34-5)17-22(20)25(30)19-10-7-6-8-11-19/h6-8,10-11,16-17,21,25H,9,12-15,18H2,1-5H3. The number of hydrogen-bond acceptors (Lipinski definition) is 5. The minimum Gasteiger partial charge on any atom is -0.493 e. The summed E-state index contributed by atoms with van der Waals surface area (Å²) in [6.07, 6.45) is 1.92. The van der Waals surface area contributed by atoms with Crippen LogP contribution in [-0.2, 0) is 16.0 Å². The van der Waals surface area contributed by atoms with Crippen molar-refractivity contribution in [3.05, 3.63) is 59.2 Å². The lowest BCUT2D eigenvalue weighted by molar-refractivity contribution is -0.139. The average Bonchev–Trinajstić information content (AvgIpc) is 2.86. The Hall–Kier alpha value is -3.22. The second-order valence-corrected chi connectivity index (χ2v) is 10.3. The Balaban J connectivity index is 1.64. The molecule has 0 spiro atoms. The van der Waals surface area contributed by atoms with E-state index in [0.29, 0.717) is 31.1 Å². The highest BCUT2D eigenvalue weighted by Crippen LogP contribution is 2.42. The van der Waals surface area contributed by atoms with E-state index in [1.807, 2.05) is 56.0 Å². The number of methoxy groups -OCH3 is 2. The molecular weight excluding hydrogens is 444 g/mol. The summed E-state index contributed by atoms with van der Waals surface area (Å²) < 4.78 is 16.7. The maximum Gasteiger partial charge on any atom is 0.410 e. The third kappa shape index (κ3) is 5.39. The zero-order valence-electron chi connectivity index (χ0n) is 21.4. The van der Waals surface area contributed by atoms with Crippen LogP contribution in [0.1, 0.15) is 56.3 Å². The van der Waals surface area contributed by atoms with Gasteiger partial charge in [0.2, 0.25) is 5.91 Å². The molecule has 0 saturated carbocycles. The SMILES string of the molecule is COc1cc2c(cc1OC)C(c1ccccc1)N(C(=O)C1CCCN(C(=O)OC(C)(C)C)C1)CC2. The first kappa shape index (κ1) is 24.9. The molecule has 2 aromatic rings. The van der Waals surface area contributed by atoms with Crippen LogP contribution in [0.15, 0.2) is 42.5 Å². The van der Waals surface area contributed by atoms with Gasteiger partial charge in [0.05, 0.1) is 26.2 Å². The number of piperidine rings is 1. The number of ether oxygens (including phenoxy) is 3. The Morgan fingerprint density at radius 1 is 0.971 bits per heavy atom. The summed E-state index contributed by atoms with van der Waals surface area (Å²) in [7, 11) is 3.26. The highest BCUT2D eigenvalue weighted by Gasteiger charge is 2.38. The van der Waals surface area contributed by atoms with Gasteiger partial charge in [-0.15, -0.1) is 0 Å². The van der Waals surface area contributed by atoms with Gasteiger partial charge in [0.15, 0.2) is 11.5 Å². The number of carbonyl (C=O) groups is 2. The molecule has 2 aliphatic rings. The number of carbonyl (C=O) groups excluding carboxylic acids is 2. The minimum atomic E-state index is -0.566. The number of rotatable bonds is 4. The molecule has 0 aromatic heterocycles. The molecule has 2 unspecified atom stereocenters. The van der Waals surface area contributed by atoms with Crippen molar-refractivity contribution in [1.82, 2.24) is 9.80 Å². The molecule has 2 atom stereocenters. The molecular formula is C28H36N2O5. The van der Waals surface area contributed by atoms with Crippen LogP contribution in [0.4, 0.5) is 4.79 Å². The van der Waals surface area contributed by atoms with Gasteiger partial charge in [-0.2, -0.15) is 0 Å². The molecule has 1 saturated heterocycles. The Morgan fingerprint density at radius 3 is 2.31 bits per heavy atom. The number of hydrogen-bond donors (Lipinski definition) is 0. The third-order valence-corrected chi connectivity index (χ3v) is 6.69. The Labute approximate surface area is 207 Å². The van der Waals surface area contributed by atoms with Crippen LogP contribution in [0.2, 0.25) is 0 Å². The van der Waals surface area contributed by atoms with Gasteiger partial charge in [-0.05, 0) is 68.9 Å². The van der Waals surface area contributed by atoms with Crippen molar-refractivity contribution in [1.29, 1.82) is 0 Å². The lowest BCUT2D eigenvalue weighted by Gasteiger charge is -2.41. The fraction of sp³-hybridized carbons (Fsp3) is 0.500. The molecule has 2 amide bonds. The lowest BCUT2D eigenvalue weighted by atomic mass is 9.86. The summed E-state index contributed by atoms with van der Waals surface area (Å²) in [5.74, 6) is 1.16. The van der Waals surface area contributed by atoms with Crippen LogP contribution < -0.4 is 9.47 Å². The molecule has 7 heteroatoms. The van der Waals surface area contributed by atoms with Crippen LogP contribution in [-0.4, -0.2) is 61.3 Å². The Bertz CT molecular complexity index is 1060. The molecule has 35 heavy (non-hydrogen) atoms. The first-order valence-electron chi connectivity index (χ1n) is 12.3. The molecule has 2 aromatic carbocycles. The van der Waals surface area contributed by atoms with Gasteiger partial charge < -0.3 is 24.0 Å². The maximum absolute atomic E-state index is 14.0. The molecule has 4 rings (SSSR count). The van der Waals surface area contributed by atoms with Gasteiger partial charge in [-0.25, -0.2) is 4.79 Å². The number of fused-ring (bicyclic) bond motifs is 1. The summed E-state index contributed by atoms with van der Waals surface area (Å²) in [5.41, 5.74) is 2.69. The average molecular weight is 481 g/mol. The largest absolute Gasteiger partial charge is 0.493 e. The normalized spacial score (nSPS) is 20.1. The van der Waals surface area contributed by atoms with E-state index in [2.05, 4.69) is 12.1 Å². The van der Waals surface area contributed by atoms with E-state index in [0.717, 1.165) is 36.0 Å². The topological polar surface area (TPSA) is 68.3 Å². The van der Waals surface area contributed by atoms with E-state index < -0.39 is 5.60 Å². The van der Waals surface area contributed by atoms with E-state index in [9.17, 15) is 9.59 Å². The van der Waals surface area contributed by atoms with Crippen molar-refractivity contribution in [2.24, 2.45) is 5.92 Å². The molecule has 2 heterocycles.